The van der Waals surface area contributed by atoms with E-state index in [0.29, 0.717) is 38.0 Å². The molecule has 7 nitrogen and oxygen atoms in total. The molecule has 1 fully saturated rings. The highest BCUT2D eigenvalue weighted by molar-refractivity contribution is 14.0. The number of ether oxygens (including phenoxy) is 1. The Morgan fingerprint density at radius 2 is 2.03 bits per heavy atom. The molecular formula is C22H32FIN4O3. The first kappa shape index (κ1) is 25.6. The highest BCUT2D eigenvalue weighted by atomic mass is 127. The van der Waals surface area contributed by atoms with Crippen LogP contribution in [0.4, 0.5) is 4.39 Å². The maximum Gasteiger partial charge on any atom is 0.191 e. The summed E-state index contributed by atoms with van der Waals surface area (Å²) in [5, 5.41) is 17.2. The third-order valence-electron chi connectivity index (χ3n) is 5.12. The second-order valence-corrected chi connectivity index (χ2v) is 7.55. The van der Waals surface area contributed by atoms with Gasteiger partial charge in [0.1, 0.15) is 17.2 Å². The van der Waals surface area contributed by atoms with Crippen LogP contribution in [0.15, 0.2) is 52.1 Å². The summed E-state index contributed by atoms with van der Waals surface area (Å²) in [5.41, 5.74) is -0.305. The highest BCUT2D eigenvalue weighted by Gasteiger charge is 2.27. The lowest BCUT2D eigenvalue weighted by Gasteiger charge is -2.35. The molecule has 9 heteroatoms. The van der Waals surface area contributed by atoms with Crippen LogP contribution in [0.3, 0.4) is 0 Å². The molecule has 1 aliphatic heterocycles. The van der Waals surface area contributed by atoms with Crippen LogP contribution in [0.5, 0.6) is 0 Å². The van der Waals surface area contributed by atoms with Crippen molar-refractivity contribution >= 4 is 29.9 Å². The van der Waals surface area contributed by atoms with Crippen LogP contribution >= 0.6 is 24.0 Å². The van der Waals surface area contributed by atoms with Gasteiger partial charge in [-0.25, -0.2) is 9.38 Å². The zero-order chi connectivity index (χ0) is 21.4. The number of furan rings is 1. The Balaban J connectivity index is 0.00000341. The van der Waals surface area contributed by atoms with Gasteiger partial charge in [0, 0.05) is 26.2 Å². The number of guanidine groups is 1. The molecule has 3 N–H and O–H groups in total. The predicted molar refractivity (Wildman–Crippen MR) is 129 cm³/mol. The molecule has 0 saturated carbocycles. The number of halogens is 2. The summed E-state index contributed by atoms with van der Waals surface area (Å²) in [5.74, 6) is 0.799. The molecule has 2 aromatic rings. The Morgan fingerprint density at radius 1 is 1.26 bits per heavy atom. The lowest BCUT2D eigenvalue weighted by molar-refractivity contribution is 0.0169. The van der Waals surface area contributed by atoms with E-state index in [1.54, 1.807) is 31.2 Å². The number of aliphatic imine (C=N–C) groups is 1. The Kier molecular flexibility index (Phi) is 10.2. The Bertz CT molecular complexity index is 811. The summed E-state index contributed by atoms with van der Waals surface area (Å²) >= 11 is 0. The first-order valence-corrected chi connectivity index (χ1v) is 10.4. The third kappa shape index (κ3) is 7.44. The minimum Gasteiger partial charge on any atom is -0.466 e. The van der Waals surface area contributed by atoms with Crippen LogP contribution in [0.1, 0.15) is 31.2 Å². The van der Waals surface area contributed by atoms with Gasteiger partial charge in [0.25, 0.3) is 0 Å². The zero-order valence-electron chi connectivity index (χ0n) is 18.0. The standard InChI is InChI=1S/C22H31FN4O3.HI/c1-3-24-21(26-16-22(2,28)20-8-5-11-30-20)25-15-19(27-9-12-29-13-10-27)17-6-4-7-18(23)14-17;/h4-8,11,14,19,28H,3,9-10,12-13,15-16H2,1-2H3,(H2,24,25,26);1H. The number of nitrogens with zero attached hydrogens (tertiary/aromatic N) is 2. The lowest BCUT2D eigenvalue weighted by Crippen LogP contribution is -2.46. The number of morpholine rings is 1. The zero-order valence-corrected chi connectivity index (χ0v) is 20.3. The average molecular weight is 546 g/mol. The maximum atomic E-state index is 13.9. The minimum absolute atomic E-state index is 0. The number of hydrogen-bond donors (Lipinski definition) is 3. The van der Waals surface area contributed by atoms with Crippen LogP contribution in [-0.2, 0) is 10.3 Å². The first-order valence-electron chi connectivity index (χ1n) is 10.4. The van der Waals surface area contributed by atoms with E-state index in [0.717, 1.165) is 18.7 Å². The monoisotopic (exact) mass is 546 g/mol. The van der Waals surface area contributed by atoms with Gasteiger partial charge in [-0.15, -0.1) is 24.0 Å². The Hall–Kier alpha value is -1.69. The van der Waals surface area contributed by atoms with Crippen LogP contribution in [0.2, 0.25) is 0 Å². The van der Waals surface area contributed by atoms with E-state index in [9.17, 15) is 9.50 Å². The fourth-order valence-electron chi connectivity index (χ4n) is 3.49. The number of aliphatic hydroxyl groups is 1. The van der Waals surface area contributed by atoms with Crippen molar-refractivity contribution in [2.75, 3.05) is 45.9 Å². The average Bonchev–Trinajstić information content (AvgIpc) is 3.29. The molecule has 1 aliphatic rings. The molecular weight excluding hydrogens is 514 g/mol. The summed E-state index contributed by atoms with van der Waals surface area (Å²) in [4.78, 5) is 6.82. The smallest absolute Gasteiger partial charge is 0.191 e. The van der Waals surface area contributed by atoms with Gasteiger partial charge in [-0.1, -0.05) is 12.1 Å². The molecule has 1 saturated heterocycles. The summed E-state index contributed by atoms with van der Waals surface area (Å²) < 4.78 is 24.7. The third-order valence-corrected chi connectivity index (χ3v) is 5.12. The number of nitrogens with one attached hydrogen (secondary N) is 2. The summed E-state index contributed by atoms with van der Waals surface area (Å²) in [6.07, 6.45) is 1.53. The van der Waals surface area contributed by atoms with E-state index in [2.05, 4.69) is 20.5 Å². The molecule has 3 rings (SSSR count). The van der Waals surface area contributed by atoms with Gasteiger partial charge in [0.15, 0.2) is 5.96 Å². The lowest BCUT2D eigenvalue weighted by atomic mass is 10.0. The van der Waals surface area contributed by atoms with Crippen molar-refractivity contribution in [2.24, 2.45) is 4.99 Å². The Morgan fingerprint density at radius 3 is 2.68 bits per heavy atom. The number of hydrogen-bond acceptors (Lipinski definition) is 5. The summed E-state index contributed by atoms with van der Waals surface area (Å²) in [6, 6.07) is 10.1. The predicted octanol–water partition coefficient (Wildman–Crippen LogP) is 2.87. The number of benzene rings is 1. The Labute approximate surface area is 200 Å². The van der Waals surface area contributed by atoms with E-state index in [-0.39, 0.29) is 42.4 Å². The van der Waals surface area contributed by atoms with Gasteiger partial charge < -0.3 is 24.9 Å². The molecule has 2 heterocycles. The molecule has 31 heavy (non-hydrogen) atoms. The van der Waals surface area contributed by atoms with Crippen LogP contribution < -0.4 is 10.6 Å². The topological polar surface area (TPSA) is 82.3 Å². The quantitative estimate of drug-likeness (QED) is 0.269. The maximum absolute atomic E-state index is 13.9. The molecule has 172 valence electrons. The summed E-state index contributed by atoms with van der Waals surface area (Å²) in [6.45, 7) is 7.88. The molecule has 2 unspecified atom stereocenters. The molecule has 1 aromatic heterocycles. The van der Waals surface area contributed by atoms with Gasteiger partial charge in [-0.3, -0.25) is 4.90 Å². The van der Waals surface area contributed by atoms with Gasteiger partial charge in [-0.2, -0.15) is 0 Å². The van der Waals surface area contributed by atoms with Crippen LogP contribution in [0, 0.1) is 5.82 Å². The highest BCUT2D eigenvalue weighted by Crippen LogP contribution is 2.23. The van der Waals surface area contributed by atoms with E-state index in [1.165, 1.54) is 12.3 Å². The van der Waals surface area contributed by atoms with Crippen molar-refractivity contribution in [3.8, 4) is 0 Å². The molecule has 0 bridgehead atoms. The van der Waals surface area contributed by atoms with Crippen LogP contribution in [-0.4, -0.2) is 61.9 Å². The SMILES string of the molecule is CCNC(=NCC(C)(O)c1ccco1)NCC(c1cccc(F)c1)N1CCOCC1.I. The van der Waals surface area contributed by atoms with Crippen molar-refractivity contribution in [1.82, 2.24) is 15.5 Å². The van der Waals surface area contributed by atoms with E-state index < -0.39 is 5.60 Å². The summed E-state index contributed by atoms with van der Waals surface area (Å²) in [7, 11) is 0. The molecule has 2 atom stereocenters. The molecule has 0 amide bonds. The van der Waals surface area contributed by atoms with Crippen molar-refractivity contribution in [1.29, 1.82) is 0 Å². The van der Waals surface area contributed by atoms with E-state index >= 15 is 0 Å². The molecule has 0 radical (unpaired) electrons. The van der Waals surface area contributed by atoms with E-state index in [4.69, 9.17) is 9.15 Å². The van der Waals surface area contributed by atoms with Crippen molar-refractivity contribution in [2.45, 2.75) is 25.5 Å². The first-order chi connectivity index (χ1) is 14.5. The van der Waals surface area contributed by atoms with Gasteiger partial charge >= 0.3 is 0 Å². The molecule has 0 aliphatic carbocycles. The van der Waals surface area contributed by atoms with Crippen molar-refractivity contribution in [3.05, 3.63) is 59.8 Å². The normalized spacial score (nSPS) is 18.0. The minimum atomic E-state index is -1.21. The van der Waals surface area contributed by atoms with Crippen molar-refractivity contribution < 1.29 is 18.7 Å². The second-order valence-electron chi connectivity index (χ2n) is 7.55. The van der Waals surface area contributed by atoms with Crippen LogP contribution in [0.25, 0.3) is 0 Å². The van der Waals surface area contributed by atoms with Crippen molar-refractivity contribution in [3.63, 3.8) is 0 Å². The fraction of sp³-hybridized carbons (Fsp3) is 0.500. The van der Waals surface area contributed by atoms with Gasteiger partial charge in [-0.05, 0) is 43.7 Å². The fourth-order valence-corrected chi connectivity index (χ4v) is 3.49. The largest absolute Gasteiger partial charge is 0.466 e. The van der Waals surface area contributed by atoms with E-state index in [1.807, 2.05) is 13.0 Å². The van der Waals surface area contributed by atoms with Gasteiger partial charge in [0.05, 0.1) is 32.1 Å². The second kappa shape index (κ2) is 12.4. The van der Waals surface area contributed by atoms with Gasteiger partial charge in [0.2, 0.25) is 0 Å². The molecule has 0 spiro atoms. The molecule has 1 aromatic carbocycles. The number of rotatable bonds is 8.